The molecule has 2 aromatic rings. The van der Waals surface area contributed by atoms with Crippen LogP contribution in [0, 0.1) is 4.64 Å². The summed E-state index contributed by atoms with van der Waals surface area (Å²) in [5.74, 6) is 1.40. The van der Waals surface area contributed by atoms with Gasteiger partial charge in [-0.2, -0.15) is 5.10 Å². The second-order valence-electron chi connectivity index (χ2n) is 4.30. The molecule has 0 unspecified atom stereocenters. The Morgan fingerprint density at radius 1 is 1.53 bits per heavy atom. The van der Waals surface area contributed by atoms with Gasteiger partial charge in [0.1, 0.15) is 10.5 Å². The topological polar surface area (TPSA) is 46.5 Å². The SMILES string of the molecule is Cn1cc(-c2nc(=S)c(Br)c(C3CC3)[nH]2)cn1. The molecular weight excluding hydrogens is 300 g/mol. The number of rotatable bonds is 2. The average molecular weight is 311 g/mol. The van der Waals surface area contributed by atoms with Crippen LogP contribution in [0.5, 0.6) is 0 Å². The van der Waals surface area contributed by atoms with Crippen molar-refractivity contribution in [1.82, 2.24) is 19.7 Å². The Labute approximate surface area is 112 Å². The Kier molecular flexibility index (Phi) is 2.63. The quantitative estimate of drug-likeness (QED) is 0.867. The third-order valence-electron chi connectivity index (χ3n) is 2.85. The predicted molar refractivity (Wildman–Crippen MR) is 71.3 cm³/mol. The Balaban J connectivity index is 2.14. The largest absolute Gasteiger partial charge is 0.342 e. The molecule has 1 aliphatic rings. The molecule has 2 heterocycles. The van der Waals surface area contributed by atoms with Gasteiger partial charge in [-0.3, -0.25) is 4.68 Å². The maximum atomic E-state index is 5.28. The van der Waals surface area contributed by atoms with Gasteiger partial charge in [0.05, 0.1) is 16.2 Å². The first-order valence-corrected chi connectivity index (χ1v) is 6.64. The lowest BCUT2D eigenvalue weighted by Gasteiger charge is -2.05. The zero-order valence-electron chi connectivity index (χ0n) is 9.27. The van der Waals surface area contributed by atoms with Crippen LogP contribution in [0.2, 0.25) is 0 Å². The van der Waals surface area contributed by atoms with E-state index in [2.05, 4.69) is 31.0 Å². The number of aryl methyl sites for hydroxylation is 1. The Hall–Kier alpha value is -1.01. The molecule has 2 aromatic heterocycles. The molecule has 0 aromatic carbocycles. The van der Waals surface area contributed by atoms with Crippen LogP contribution in [0.15, 0.2) is 16.9 Å². The van der Waals surface area contributed by atoms with E-state index < -0.39 is 0 Å². The van der Waals surface area contributed by atoms with Crippen molar-refractivity contribution in [3.63, 3.8) is 0 Å². The van der Waals surface area contributed by atoms with Crippen molar-refractivity contribution >= 4 is 28.1 Å². The average Bonchev–Trinajstić information content (AvgIpc) is 3.05. The molecule has 0 radical (unpaired) electrons. The van der Waals surface area contributed by atoms with Crippen LogP contribution in [0.25, 0.3) is 11.4 Å². The summed E-state index contributed by atoms with van der Waals surface area (Å²) in [5.41, 5.74) is 2.14. The fourth-order valence-electron chi connectivity index (χ4n) is 1.81. The van der Waals surface area contributed by atoms with Crippen molar-refractivity contribution in [2.75, 3.05) is 0 Å². The smallest absolute Gasteiger partial charge is 0.144 e. The van der Waals surface area contributed by atoms with Gasteiger partial charge in [-0.15, -0.1) is 0 Å². The molecule has 1 aliphatic carbocycles. The van der Waals surface area contributed by atoms with Gasteiger partial charge in [0, 0.05) is 24.9 Å². The van der Waals surface area contributed by atoms with E-state index >= 15 is 0 Å². The molecule has 6 heteroatoms. The van der Waals surface area contributed by atoms with Gasteiger partial charge in [-0.1, -0.05) is 12.2 Å². The third-order valence-corrected chi connectivity index (χ3v) is 4.22. The highest BCUT2D eigenvalue weighted by Crippen LogP contribution is 2.42. The Bertz CT molecular complexity index is 627. The minimum absolute atomic E-state index is 0.601. The van der Waals surface area contributed by atoms with Crippen molar-refractivity contribution in [3.05, 3.63) is 27.2 Å². The van der Waals surface area contributed by atoms with Crippen LogP contribution < -0.4 is 0 Å². The number of hydrogen-bond acceptors (Lipinski definition) is 3. The van der Waals surface area contributed by atoms with Gasteiger partial charge in [0.15, 0.2) is 0 Å². The second kappa shape index (κ2) is 4.03. The fraction of sp³-hybridized carbons (Fsp3) is 0.364. The van der Waals surface area contributed by atoms with Crippen molar-refractivity contribution in [2.45, 2.75) is 18.8 Å². The molecule has 0 saturated heterocycles. The van der Waals surface area contributed by atoms with Crippen LogP contribution in [-0.2, 0) is 7.05 Å². The molecule has 17 heavy (non-hydrogen) atoms. The van der Waals surface area contributed by atoms with Gasteiger partial charge in [-0.25, -0.2) is 4.98 Å². The van der Waals surface area contributed by atoms with E-state index in [9.17, 15) is 0 Å². The Morgan fingerprint density at radius 3 is 2.88 bits per heavy atom. The van der Waals surface area contributed by atoms with E-state index in [4.69, 9.17) is 12.2 Å². The predicted octanol–water partition coefficient (Wildman–Crippen LogP) is 3.18. The zero-order valence-corrected chi connectivity index (χ0v) is 11.7. The maximum Gasteiger partial charge on any atom is 0.144 e. The third kappa shape index (κ3) is 2.07. The first kappa shape index (κ1) is 11.1. The van der Waals surface area contributed by atoms with Crippen LogP contribution >= 0.6 is 28.1 Å². The van der Waals surface area contributed by atoms with Gasteiger partial charge >= 0.3 is 0 Å². The first-order valence-electron chi connectivity index (χ1n) is 5.44. The van der Waals surface area contributed by atoms with Gasteiger partial charge in [0.2, 0.25) is 0 Å². The van der Waals surface area contributed by atoms with Gasteiger partial charge in [0.25, 0.3) is 0 Å². The lowest BCUT2D eigenvalue weighted by Crippen LogP contribution is -1.96. The second-order valence-corrected chi connectivity index (χ2v) is 5.47. The van der Waals surface area contributed by atoms with Gasteiger partial charge in [-0.05, 0) is 28.8 Å². The van der Waals surface area contributed by atoms with Gasteiger partial charge < -0.3 is 4.98 Å². The molecule has 0 aliphatic heterocycles. The minimum atomic E-state index is 0.601. The molecule has 88 valence electrons. The molecule has 0 amide bonds. The zero-order chi connectivity index (χ0) is 12.0. The van der Waals surface area contributed by atoms with E-state index in [0.29, 0.717) is 10.6 Å². The van der Waals surface area contributed by atoms with Crippen LogP contribution in [0.4, 0.5) is 0 Å². The maximum absolute atomic E-state index is 5.28. The van der Waals surface area contributed by atoms with Crippen LogP contribution in [-0.4, -0.2) is 19.7 Å². The molecule has 4 nitrogen and oxygen atoms in total. The van der Waals surface area contributed by atoms with Crippen molar-refractivity contribution in [3.8, 4) is 11.4 Å². The normalized spacial score (nSPS) is 15.2. The number of nitrogens with one attached hydrogen (secondary N) is 1. The molecule has 0 spiro atoms. The molecule has 1 saturated carbocycles. The first-order chi connectivity index (χ1) is 8.15. The molecule has 1 N–H and O–H groups in total. The lowest BCUT2D eigenvalue weighted by molar-refractivity contribution is 0.768. The number of H-pyrrole nitrogens is 1. The summed E-state index contributed by atoms with van der Waals surface area (Å²) in [6, 6.07) is 0. The van der Waals surface area contributed by atoms with E-state index in [1.807, 2.05) is 13.2 Å². The standard InChI is InChI=1S/C11H11BrN4S/c1-16-5-7(4-13-16)10-14-9(6-2-3-6)8(12)11(17)15-10/h4-6H,2-3H2,1H3,(H,14,15,17). The summed E-state index contributed by atoms with van der Waals surface area (Å²) in [7, 11) is 1.89. The fourth-order valence-corrected chi connectivity index (χ4v) is 2.52. The number of aromatic amines is 1. The van der Waals surface area contributed by atoms with E-state index in [1.54, 1.807) is 10.9 Å². The summed E-state index contributed by atoms with van der Waals surface area (Å²) in [6.45, 7) is 0. The van der Waals surface area contributed by atoms with E-state index in [-0.39, 0.29) is 0 Å². The van der Waals surface area contributed by atoms with Crippen molar-refractivity contribution in [2.24, 2.45) is 7.05 Å². The molecule has 0 atom stereocenters. The summed E-state index contributed by atoms with van der Waals surface area (Å²) < 4.78 is 3.30. The van der Waals surface area contributed by atoms with E-state index in [1.165, 1.54) is 18.5 Å². The van der Waals surface area contributed by atoms with Crippen LogP contribution in [0.1, 0.15) is 24.5 Å². The monoisotopic (exact) mass is 310 g/mol. The van der Waals surface area contributed by atoms with Crippen molar-refractivity contribution < 1.29 is 0 Å². The number of hydrogen-bond donors (Lipinski definition) is 1. The number of nitrogens with zero attached hydrogens (tertiary/aromatic N) is 3. The number of halogens is 1. The summed E-state index contributed by atoms with van der Waals surface area (Å²) in [6.07, 6.45) is 6.16. The number of aromatic nitrogens is 4. The molecular formula is C11H11BrN4S. The summed E-state index contributed by atoms with van der Waals surface area (Å²) in [4.78, 5) is 7.75. The van der Waals surface area contributed by atoms with Crippen molar-refractivity contribution in [1.29, 1.82) is 0 Å². The molecule has 1 fully saturated rings. The molecule has 0 bridgehead atoms. The highest BCUT2D eigenvalue weighted by Gasteiger charge is 2.27. The van der Waals surface area contributed by atoms with E-state index in [0.717, 1.165) is 15.9 Å². The van der Waals surface area contributed by atoms with Crippen LogP contribution in [0.3, 0.4) is 0 Å². The summed E-state index contributed by atoms with van der Waals surface area (Å²) >= 11 is 8.79. The highest BCUT2D eigenvalue weighted by molar-refractivity contribution is 9.10. The molecule has 3 rings (SSSR count). The summed E-state index contributed by atoms with van der Waals surface area (Å²) in [5, 5.41) is 4.15. The Morgan fingerprint density at radius 2 is 2.29 bits per heavy atom. The lowest BCUT2D eigenvalue weighted by atomic mass is 10.2. The highest BCUT2D eigenvalue weighted by atomic mass is 79.9. The minimum Gasteiger partial charge on any atom is -0.342 e.